The molecule has 0 bridgehead atoms. The minimum atomic E-state index is 0.825. The van der Waals surface area contributed by atoms with E-state index in [2.05, 4.69) is 14.9 Å². The van der Waals surface area contributed by atoms with Crippen molar-refractivity contribution in [1.82, 2.24) is 14.9 Å². The average molecular weight is 237 g/mol. The molecule has 17 heavy (non-hydrogen) atoms. The van der Waals surface area contributed by atoms with Crippen molar-refractivity contribution in [2.24, 2.45) is 0 Å². The lowest BCUT2D eigenvalue weighted by molar-refractivity contribution is -0.0559. The zero-order valence-electron chi connectivity index (χ0n) is 11.1. The third-order valence-electron chi connectivity index (χ3n) is 4.71. The van der Waals surface area contributed by atoms with E-state index >= 15 is 0 Å². The summed E-state index contributed by atoms with van der Waals surface area (Å²) in [5.74, 6) is 0. The smallest absolute Gasteiger partial charge is 0.0373 e. The highest BCUT2D eigenvalue weighted by atomic mass is 15.6. The summed E-state index contributed by atoms with van der Waals surface area (Å²) in [6.45, 7) is 7.98. The molecule has 3 heteroatoms. The molecule has 3 nitrogen and oxygen atoms in total. The van der Waals surface area contributed by atoms with Crippen LogP contribution in [0, 0.1) is 0 Å². The second kappa shape index (κ2) is 5.68. The molecule has 3 heterocycles. The van der Waals surface area contributed by atoms with Crippen LogP contribution in [0.15, 0.2) is 0 Å². The molecule has 0 aliphatic carbocycles. The van der Waals surface area contributed by atoms with E-state index < -0.39 is 0 Å². The second-order valence-electron chi connectivity index (χ2n) is 5.98. The highest BCUT2D eigenvalue weighted by molar-refractivity contribution is 4.83. The van der Waals surface area contributed by atoms with Gasteiger partial charge in [-0.2, -0.15) is 0 Å². The van der Waals surface area contributed by atoms with Gasteiger partial charge >= 0.3 is 0 Å². The van der Waals surface area contributed by atoms with E-state index in [-0.39, 0.29) is 0 Å². The molecule has 0 aromatic rings. The van der Waals surface area contributed by atoms with Gasteiger partial charge in [0.2, 0.25) is 0 Å². The molecule has 98 valence electrons. The fourth-order valence-corrected chi connectivity index (χ4v) is 3.78. The molecule has 0 amide bonds. The van der Waals surface area contributed by atoms with Gasteiger partial charge in [0.15, 0.2) is 0 Å². The van der Waals surface area contributed by atoms with Crippen molar-refractivity contribution in [2.45, 2.75) is 51.0 Å². The van der Waals surface area contributed by atoms with Crippen LogP contribution in [0.4, 0.5) is 0 Å². The fraction of sp³-hybridized carbons (Fsp3) is 1.00. The lowest BCUT2D eigenvalue weighted by Gasteiger charge is -2.39. The van der Waals surface area contributed by atoms with Gasteiger partial charge in [-0.15, -0.1) is 0 Å². The van der Waals surface area contributed by atoms with E-state index in [9.17, 15) is 0 Å². The van der Waals surface area contributed by atoms with Gasteiger partial charge in [0.1, 0.15) is 0 Å². The van der Waals surface area contributed by atoms with Gasteiger partial charge in [-0.25, -0.2) is 10.0 Å². The van der Waals surface area contributed by atoms with Crippen LogP contribution in [-0.4, -0.2) is 60.2 Å². The fourth-order valence-electron chi connectivity index (χ4n) is 3.78. The van der Waals surface area contributed by atoms with Crippen LogP contribution in [0.5, 0.6) is 0 Å². The van der Waals surface area contributed by atoms with Crippen molar-refractivity contribution in [3.05, 3.63) is 0 Å². The normalized spacial score (nSPS) is 33.5. The standard InChI is InChI=1S/C14H27N3/c1-2-10-16(11-3-1)17-12-6-7-14(17)13-15-8-4-5-9-15/h14H,1-13H2. The summed E-state index contributed by atoms with van der Waals surface area (Å²) in [6, 6.07) is 0.825. The molecule has 3 rings (SSSR count). The minimum absolute atomic E-state index is 0.825. The monoisotopic (exact) mass is 237 g/mol. The van der Waals surface area contributed by atoms with Gasteiger partial charge in [0.05, 0.1) is 0 Å². The number of likely N-dealkylation sites (tertiary alicyclic amines) is 1. The maximum Gasteiger partial charge on any atom is 0.0373 e. The molecule has 0 aromatic heterocycles. The molecule has 3 aliphatic rings. The Hall–Kier alpha value is -0.120. The van der Waals surface area contributed by atoms with E-state index in [1.807, 2.05) is 0 Å². The maximum absolute atomic E-state index is 2.72. The van der Waals surface area contributed by atoms with E-state index in [1.54, 1.807) is 0 Å². The molecule has 3 aliphatic heterocycles. The Balaban J connectivity index is 1.54. The van der Waals surface area contributed by atoms with Gasteiger partial charge in [-0.05, 0) is 51.6 Å². The van der Waals surface area contributed by atoms with Gasteiger partial charge < -0.3 is 4.90 Å². The summed E-state index contributed by atoms with van der Waals surface area (Å²) in [5.41, 5.74) is 0. The molecule has 0 N–H and O–H groups in total. The summed E-state index contributed by atoms with van der Waals surface area (Å²) in [7, 11) is 0. The summed E-state index contributed by atoms with van der Waals surface area (Å²) in [6.07, 6.45) is 9.95. The summed E-state index contributed by atoms with van der Waals surface area (Å²) < 4.78 is 0. The van der Waals surface area contributed by atoms with Crippen molar-refractivity contribution < 1.29 is 0 Å². The lowest BCUT2D eigenvalue weighted by atomic mass is 10.1. The van der Waals surface area contributed by atoms with Crippen molar-refractivity contribution in [3.63, 3.8) is 0 Å². The first-order valence-corrected chi connectivity index (χ1v) is 7.67. The first kappa shape index (κ1) is 11.9. The van der Waals surface area contributed by atoms with E-state index in [4.69, 9.17) is 0 Å². The first-order chi connectivity index (χ1) is 8.43. The Morgan fingerprint density at radius 3 is 2.18 bits per heavy atom. The second-order valence-corrected chi connectivity index (χ2v) is 5.98. The third kappa shape index (κ3) is 2.83. The summed E-state index contributed by atoms with van der Waals surface area (Å²) >= 11 is 0. The largest absolute Gasteiger partial charge is 0.302 e. The molecule has 0 radical (unpaired) electrons. The van der Waals surface area contributed by atoms with Crippen LogP contribution < -0.4 is 0 Å². The molecule has 0 aromatic carbocycles. The molecular weight excluding hydrogens is 210 g/mol. The summed E-state index contributed by atoms with van der Waals surface area (Å²) in [4.78, 5) is 2.69. The van der Waals surface area contributed by atoms with Gasteiger partial charge in [0.25, 0.3) is 0 Å². The highest BCUT2D eigenvalue weighted by Crippen LogP contribution is 2.24. The lowest BCUT2D eigenvalue weighted by Crippen LogP contribution is -2.51. The van der Waals surface area contributed by atoms with Crippen molar-refractivity contribution >= 4 is 0 Å². The number of rotatable bonds is 3. The van der Waals surface area contributed by atoms with Crippen LogP contribution in [-0.2, 0) is 0 Å². The van der Waals surface area contributed by atoms with Crippen LogP contribution in [0.3, 0.4) is 0 Å². The van der Waals surface area contributed by atoms with Crippen LogP contribution in [0.25, 0.3) is 0 Å². The number of piperidine rings is 1. The Morgan fingerprint density at radius 2 is 1.41 bits per heavy atom. The van der Waals surface area contributed by atoms with Crippen molar-refractivity contribution in [1.29, 1.82) is 0 Å². The first-order valence-electron chi connectivity index (χ1n) is 7.67. The predicted molar refractivity (Wildman–Crippen MR) is 70.8 cm³/mol. The molecule has 3 saturated heterocycles. The third-order valence-corrected chi connectivity index (χ3v) is 4.71. The highest BCUT2D eigenvalue weighted by Gasteiger charge is 2.31. The van der Waals surface area contributed by atoms with Crippen molar-refractivity contribution in [3.8, 4) is 0 Å². The van der Waals surface area contributed by atoms with E-state index in [0.717, 1.165) is 6.04 Å². The number of hydrazine groups is 1. The molecule has 1 unspecified atom stereocenters. The Morgan fingerprint density at radius 1 is 0.706 bits per heavy atom. The molecule has 0 spiro atoms. The number of nitrogens with zero attached hydrogens (tertiary/aromatic N) is 3. The number of hydrogen-bond donors (Lipinski definition) is 0. The molecular formula is C14H27N3. The van der Waals surface area contributed by atoms with Crippen molar-refractivity contribution in [2.75, 3.05) is 39.3 Å². The van der Waals surface area contributed by atoms with Crippen LogP contribution in [0.1, 0.15) is 44.9 Å². The quantitative estimate of drug-likeness (QED) is 0.743. The van der Waals surface area contributed by atoms with Gasteiger partial charge in [-0.3, -0.25) is 0 Å². The Bertz CT molecular complexity index is 232. The zero-order valence-corrected chi connectivity index (χ0v) is 11.1. The summed E-state index contributed by atoms with van der Waals surface area (Å²) in [5, 5.41) is 5.38. The minimum Gasteiger partial charge on any atom is -0.302 e. The topological polar surface area (TPSA) is 9.72 Å². The van der Waals surface area contributed by atoms with E-state index in [0.29, 0.717) is 0 Å². The maximum atomic E-state index is 2.72. The van der Waals surface area contributed by atoms with Crippen LogP contribution in [0.2, 0.25) is 0 Å². The number of hydrogen-bond acceptors (Lipinski definition) is 3. The SMILES string of the molecule is C1CCN(N2CCCC2CN2CCCC2)CC1. The molecule has 1 atom stereocenters. The average Bonchev–Trinajstić information content (AvgIpc) is 3.02. The van der Waals surface area contributed by atoms with Crippen LogP contribution >= 0.6 is 0 Å². The predicted octanol–water partition coefficient (Wildman–Crippen LogP) is 1.95. The van der Waals surface area contributed by atoms with Gasteiger partial charge in [0, 0.05) is 32.2 Å². The zero-order chi connectivity index (χ0) is 11.5. The molecule has 0 saturated carbocycles. The van der Waals surface area contributed by atoms with E-state index in [1.165, 1.54) is 84.2 Å². The van der Waals surface area contributed by atoms with Gasteiger partial charge in [-0.1, -0.05) is 6.42 Å². The Labute approximate surface area is 106 Å². The molecule has 3 fully saturated rings. The Kier molecular flexibility index (Phi) is 3.99.